The fourth-order valence-corrected chi connectivity index (χ4v) is 7.05. The van der Waals surface area contributed by atoms with Gasteiger partial charge < -0.3 is 20.1 Å². The normalized spacial score (nSPS) is 11.3. The van der Waals surface area contributed by atoms with Gasteiger partial charge in [-0.05, 0) is 90.4 Å². The Morgan fingerprint density at radius 1 is 0.462 bits per heavy atom. The summed E-state index contributed by atoms with van der Waals surface area (Å²) in [5, 5.41) is 0. The monoisotopic (exact) mass is 739 g/mol. The molecular formula is C46H94N2O4. The molecule has 0 saturated heterocycles. The Morgan fingerprint density at radius 3 is 1.31 bits per heavy atom. The standard InChI is InChI=1S/C45H90N2O4.CH4/c1-4-7-10-13-16-17-18-24-32-42-50-44(48)36-29-25-31-40-47(41-33-38-46)39-30-23-19-22-28-37-45(49)51-43(34-26-20-14-11-8-5-2)35-27-21-15-12-9-6-3;/h43H,4-42,46H2,1-3H3;1H4. The van der Waals surface area contributed by atoms with E-state index in [1.807, 2.05) is 0 Å². The molecule has 0 atom stereocenters. The summed E-state index contributed by atoms with van der Waals surface area (Å²) in [6.45, 7) is 11.4. The molecule has 0 aromatic carbocycles. The fourth-order valence-electron chi connectivity index (χ4n) is 7.05. The van der Waals surface area contributed by atoms with Crippen LogP contribution in [0.15, 0.2) is 0 Å². The number of rotatable bonds is 42. The molecule has 0 aromatic heterocycles. The maximum absolute atomic E-state index is 12.7. The first-order chi connectivity index (χ1) is 25.1. The Kier molecular flexibility index (Phi) is 45.1. The van der Waals surface area contributed by atoms with Gasteiger partial charge in [-0.2, -0.15) is 0 Å². The summed E-state index contributed by atoms with van der Waals surface area (Å²) in [7, 11) is 0. The number of carbonyl (C=O) groups is 2. The largest absolute Gasteiger partial charge is 0.466 e. The molecule has 0 unspecified atom stereocenters. The summed E-state index contributed by atoms with van der Waals surface area (Å²) < 4.78 is 11.5. The molecule has 0 aliphatic heterocycles. The number of carbonyl (C=O) groups excluding carboxylic acids is 2. The van der Waals surface area contributed by atoms with Gasteiger partial charge in [-0.15, -0.1) is 0 Å². The molecule has 0 radical (unpaired) electrons. The minimum Gasteiger partial charge on any atom is -0.466 e. The van der Waals surface area contributed by atoms with Gasteiger partial charge in [0.2, 0.25) is 0 Å². The lowest BCUT2D eigenvalue weighted by molar-refractivity contribution is -0.150. The van der Waals surface area contributed by atoms with Gasteiger partial charge >= 0.3 is 11.9 Å². The molecule has 6 nitrogen and oxygen atoms in total. The lowest BCUT2D eigenvalue weighted by atomic mass is 10.0. The number of esters is 2. The van der Waals surface area contributed by atoms with Crippen molar-refractivity contribution in [2.75, 3.05) is 32.8 Å². The maximum Gasteiger partial charge on any atom is 0.306 e. The average Bonchev–Trinajstić information content (AvgIpc) is 3.13. The SMILES string of the molecule is C.CCCCCCCCCCCOC(=O)CCCCCN(CCCN)CCCCCCCC(=O)OC(CCCCCCCC)CCCCCCCC. The van der Waals surface area contributed by atoms with Crippen LogP contribution in [0.5, 0.6) is 0 Å². The van der Waals surface area contributed by atoms with E-state index in [2.05, 4.69) is 25.7 Å². The molecule has 52 heavy (non-hydrogen) atoms. The van der Waals surface area contributed by atoms with Crippen molar-refractivity contribution >= 4 is 11.9 Å². The van der Waals surface area contributed by atoms with Crippen LogP contribution in [-0.4, -0.2) is 55.7 Å². The second-order valence-electron chi connectivity index (χ2n) is 15.6. The van der Waals surface area contributed by atoms with Crippen molar-refractivity contribution in [3.63, 3.8) is 0 Å². The van der Waals surface area contributed by atoms with Crippen molar-refractivity contribution in [2.24, 2.45) is 5.73 Å². The summed E-state index contributed by atoms with van der Waals surface area (Å²) >= 11 is 0. The summed E-state index contributed by atoms with van der Waals surface area (Å²) in [6, 6.07) is 0. The zero-order chi connectivity index (χ0) is 37.3. The van der Waals surface area contributed by atoms with Gasteiger partial charge in [-0.25, -0.2) is 0 Å². The third-order valence-corrected chi connectivity index (χ3v) is 10.5. The Balaban J connectivity index is 0. The topological polar surface area (TPSA) is 81.9 Å². The molecule has 0 aromatic rings. The summed E-state index contributed by atoms with van der Waals surface area (Å²) in [5.41, 5.74) is 5.82. The van der Waals surface area contributed by atoms with Crippen LogP contribution in [-0.2, 0) is 19.1 Å². The van der Waals surface area contributed by atoms with Crippen LogP contribution in [0.2, 0.25) is 0 Å². The van der Waals surface area contributed by atoms with E-state index >= 15 is 0 Å². The van der Waals surface area contributed by atoms with E-state index in [-0.39, 0.29) is 25.5 Å². The minimum absolute atomic E-state index is 0. The molecule has 0 heterocycles. The van der Waals surface area contributed by atoms with Crippen molar-refractivity contribution in [3.05, 3.63) is 0 Å². The summed E-state index contributed by atoms with van der Waals surface area (Å²) in [5.74, 6) is 0.000886. The molecule has 0 rings (SSSR count). The van der Waals surface area contributed by atoms with E-state index in [4.69, 9.17) is 15.2 Å². The molecule has 0 fully saturated rings. The van der Waals surface area contributed by atoms with Gasteiger partial charge in [0.15, 0.2) is 0 Å². The van der Waals surface area contributed by atoms with Crippen molar-refractivity contribution in [2.45, 2.75) is 253 Å². The van der Waals surface area contributed by atoms with Gasteiger partial charge in [-0.1, -0.05) is 169 Å². The lowest BCUT2D eigenvalue weighted by Crippen LogP contribution is -2.28. The fraction of sp³-hybridized carbons (Fsp3) is 0.957. The van der Waals surface area contributed by atoms with E-state index in [0.29, 0.717) is 19.4 Å². The number of nitrogens with zero attached hydrogens (tertiary/aromatic N) is 1. The molecule has 0 saturated carbocycles. The number of hydrogen-bond donors (Lipinski definition) is 1. The second-order valence-corrected chi connectivity index (χ2v) is 15.6. The van der Waals surface area contributed by atoms with Crippen LogP contribution >= 0.6 is 0 Å². The van der Waals surface area contributed by atoms with E-state index in [0.717, 1.165) is 84.0 Å². The van der Waals surface area contributed by atoms with E-state index in [1.54, 1.807) is 0 Å². The quantitative estimate of drug-likeness (QED) is 0.0496. The van der Waals surface area contributed by atoms with Crippen molar-refractivity contribution in [1.82, 2.24) is 4.90 Å². The van der Waals surface area contributed by atoms with E-state index in [1.165, 1.54) is 148 Å². The van der Waals surface area contributed by atoms with Crippen LogP contribution in [0.3, 0.4) is 0 Å². The molecule has 2 N–H and O–H groups in total. The molecular weight excluding hydrogens is 645 g/mol. The first-order valence-corrected chi connectivity index (χ1v) is 22.8. The van der Waals surface area contributed by atoms with Gasteiger partial charge in [0.25, 0.3) is 0 Å². The van der Waals surface area contributed by atoms with Gasteiger partial charge in [0.05, 0.1) is 6.61 Å². The van der Waals surface area contributed by atoms with Crippen LogP contribution in [0.4, 0.5) is 0 Å². The van der Waals surface area contributed by atoms with Crippen LogP contribution in [0, 0.1) is 0 Å². The zero-order valence-corrected chi connectivity index (χ0v) is 34.8. The van der Waals surface area contributed by atoms with Crippen molar-refractivity contribution < 1.29 is 19.1 Å². The Bertz CT molecular complexity index is 702. The van der Waals surface area contributed by atoms with Gasteiger partial charge in [-0.3, -0.25) is 9.59 Å². The Hall–Kier alpha value is -1.14. The average molecular weight is 739 g/mol. The predicted octanol–water partition coefficient (Wildman–Crippen LogP) is 13.7. The smallest absolute Gasteiger partial charge is 0.306 e. The summed E-state index contributed by atoms with van der Waals surface area (Å²) in [4.78, 5) is 27.4. The first kappa shape index (κ1) is 53.0. The second kappa shape index (κ2) is 44.3. The van der Waals surface area contributed by atoms with Crippen LogP contribution < -0.4 is 5.73 Å². The highest BCUT2D eigenvalue weighted by Crippen LogP contribution is 2.18. The number of ether oxygens (including phenoxy) is 2. The van der Waals surface area contributed by atoms with Crippen molar-refractivity contribution in [3.8, 4) is 0 Å². The molecule has 0 amide bonds. The van der Waals surface area contributed by atoms with Crippen LogP contribution in [0.25, 0.3) is 0 Å². The number of hydrogen-bond acceptors (Lipinski definition) is 6. The third kappa shape index (κ3) is 40.1. The van der Waals surface area contributed by atoms with Crippen LogP contribution in [0.1, 0.15) is 247 Å². The highest BCUT2D eigenvalue weighted by molar-refractivity contribution is 5.69. The number of nitrogens with two attached hydrogens (primary N) is 1. The Morgan fingerprint density at radius 2 is 0.827 bits per heavy atom. The lowest BCUT2D eigenvalue weighted by Gasteiger charge is -2.22. The van der Waals surface area contributed by atoms with E-state index in [9.17, 15) is 9.59 Å². The molecule has 312 valence electrons. The Labute approximate surface area is 326 Å². The highest BCUT2D eigenvalue weighted by Gasteiger charge is 2.14. The third-order valence-electron chi connectivity index (χ3n) is 10.5. The zero-order valence-electron chi connectivity index (χ0n) is 34.8. The minimum atomic E-state index is -0.0241. The molecule has 0 bridgehead atoms. The van der Waals surface area contributed by atoms with E-state index < -0.39 is 0 Å². The van der Waals surface area contributed by atoms with Gasteiger partial charge in [0.1, 0.15) is 6.10 Å². The summed E-state index contributed by atoms with van der Waals surface area (Å²) in [6.07, 6.45) is 40.1. The number of unbranched alkanes of at least 4 members (excludes halogenated alkanes) is 24. The van der Waals surface area contributed by atoms with Gasteiger partial charge in [0, 0.05) is 12.8 Å². The molecule has 0 spiro atoms. The molecule has 0 aliphatic carbocycles. The van der Waals surface area contributed by atoms with Crippen molar-refractivity contribution in [1.29, 1.82) is 0 Å². The molecule has 0 aliphatic rings. The molecule has 6 heteroatoms. The first-order valence-electron chi connectivity index (χ1n) is 22.8. The maximum atomic E-state index is 12.7. The predicted molar refractivity (Wildman–Crippen MR) is 227 cm³/mol. The highest BCUT2D eigenvalue weighted by atomic mass is 16.5.